The zero-order valence-corrected chi connectivity index (χ0v) is 19.4. The Morgan fingerprint density at radius 2 is 1.82 bits per heavy atom. The van der Waals surface area contributed by atoms with Crippen molar-refractivity contribution in [2.75, 3.05) is 0 Å². The summed E-state index contributed by atoms with van der Waals surface area (Å²) in [6.07, 6.45) is 1.66. The summed E-state index contributed by atoms with van der Waals surface area (Å²) < 4.78 is 7.63. The molecular weight excluding hydrogens is 414 g/mol. The fraction of sp³-hybridized carbons (Fsp3) is 0.280. The van der Waals surface area contributed by atoms with Crippen molar-refractivity contribution in [3.05, 3.63) is 89.3 Å². The van der Waals surface area contributed by atoms with Gasteiger partial charge in [-0.25, -0.2) is 9.98 Å². The van der Waals surface area contributed by atoms with Crippen molar-refractivity contribution in [1.82, 2.24) is 30.4 Å². The average molecular weight is 444 g/mol. The molecule has 2 heterocycles. The minimum absolute atomic E-state index is 0.0686. The molecular formula is C25H29N7O. The molecule has 8 nitrogen and oxygen atoms in total. The standard InChI is InChI=1S/C25H29N7O/c1-17-10-12-21(13-11-17)24-29-22(16-33-24)14-26-25(27-15-23-31-30-19(3)32(23)4)28-18(2)20-8-6-5-7-9-20/h5-13,16,18H,14-15H2,1-4H3,(H2,26,27,28). The first-order valence-electron chi connectivity index (χ1n) is 11.0. The molecule has 2 aromatic carbocycles. The molecule has 0 saturated heterocycles. The van der Waals surface area contributed by atoms with Crippen LogP contribution in [-0.2, 0) is 20.1 Å². The SMILES string of the molecule is Cc1ccc(-c2nc(CN=C(NCc3nnc(C)n3C)NC(C)c3ccccc3)co2)cc1. The number of benzene rings is 2. The number of rotatable bonds is 7. The Bertz CT molecular complexity index is 1210. The second-order valence-corrected chi connectivity index (χ2v) is 8.03. The van der Waals surface area contributed by atoms with Gasteiger partial charge in [-0.1, -0.05) is 48.0 Å². The molecule has 4 aromatic rings. The maximum atomic E-state index is 5.68. The predicted octanol–water partition coefficient (Wildman–Crippen LogP) is 4.08. The fourth-order valence-electron chi connectivity index (χ4n) is 3.32. The van der Waals surface area contributed by atoms with E-state index in [0.29, 0.717) is 24.9 Å². The summed E-state index contributed by atoms with van der Waals surface area (Å²) in [5.41, 5.74) is 4.07. The van der Waals surface area contributed by atoms with Gasteiger partial charge in [-0.2, -0.15) is 0 Å². The van der Waals surface area contributed by atoms with Crippen molar-refractivity contribution >= 4 is 5.96 Å². The van der Waals surface area contributed by atoms with E-state index in [1.54, 1.807) is 6.26 Å². The topological polar surface area (TPSA) is 93.2 Å². The number of aliphatic imine (C=N–C) groups is 1. The van der Waals surface area contributed by atoms with E-state index in [0.717, 1.165) is 22.9 Å². The third-order valence-corrected chi connectivity index (χ3v) is 5.50. The summed E-state index contributed by atoms with van der Waals surface area (Å²) in [5, 5.41) is 15.2. The van der Waals surface area contributed by atoms with Gasteiger partial charge < -0.3 is 19.6 Å². The average Bonchev–Trinajstić information content (AvgIpc) is 3.43. The summed E-state index contributed by atoms with van der Waals surface area (Å²) in [7, 11) is 1.95. The minimum atomic E-state index is 0.0686. The van der Waals surface area contributed by atoms with Gasteiger partial charge in [-0.15, -0.1) is 10.2 Å². The van der Waals surface area contributed by atoms with E-state index < -0.39 is 0 Å². The first-order chi connectivity index (χ1) is 16.0. The van der Waals surface area contributed by atoms with Crippen molar-refractivity contribution in [2.24, 2.45) is 12.0 Å². The fourth-order valence-corrected chi connectivity index (χ4v) is 3.32. The van der Waals surface area contributed by atoms with E-state index in [9.17, 15) is 0 Å². The van der Waals surface area contributed by atoms with Crippen molar-refractivity contribution in [1.29, 1.82) is 0 Å². The van der Waals surface area contributed by atoms with Gasteiger partial charge in [-0.05, 0) is 38.5 Å². The molecule has 0 aliphatic heterocycles. The van der Waals surface area contributed by atoms with Crippen LogP contribution in [-0.4, -0.2) is 25.7 Å². The third-order valence-electron chi connectivity index (χ3n) is 5.50. The Hall–Kier alpha value is -3.94. The third kappa shape index (κ3) is 5.65. The highest BCUT2D eigenvalue weighted by Gasteiger charge is 2.11. The smallest absolute Gasteiger partial charge is 0.226 e. The van der Waals surface area contributed by atoms with Gasteiger partial charge in [0.1, 0.15) is 17.8 Å². The number of nitrogens with zero attached hydrogens (tertiary/aromatic N) is 5. The summed E-state index contributed by atoms with van der Waals surface area (Å²) >= 11 is 0. The molecule has 0 fully saturated rings. The van der Waals surface area contributed by atoms with Gasteiger partial charge in [0.25, 0.3) is 0 Å². The van der Waals surface area contributed by atoms with Gasteiger partial charge in [0.15, 0.2) is 11.8 Å². The second-order valence-electron chi connectivity index (χ2n) is 8.03. The highest BCUT2D eigenvalue weighted by atomic mass is 16.3. The number of oxazole rings is 1. The van der Waals surface area contributed by atoms with E-state index in [4.69, 9.17) is 9.41 Å². The molecule has 170 valence electrons. The zero-order valence-electron chi connectivity index (χ0n) is 19.4. The van der Waals surface area contributed by atoms with Crippen molar-refractivity contribution < 1.29 is 4.42 Å². The van der Waals surface area contributed by atoms with Crippen molar-refractivity contribution in [3.63, 3.8) is 0 Å². The number of hydrogen-bond donors (Lipinski definition) is 2. The molecule has 0 amide bonds. The number of nitrogens with one attached hydrogen (secondary N) is 2. The van der Waals surface area contributed by atoms with E-state index in [2.05, 4.69) is 51.8 Å². The summed E-state index contributed by atoms with van der Waals surface area (Å²) in [6.45, 7) is 6.96. The van der Waals surface area contributed by atoms with Crippen LogP contribution in [0.3, 0.4) is 0 Å². The molecule has 4 rings (SSSR count). The van der Waals surface area contributed by atoms with Gasteiger partial charge in [-0.3, -0.25) is 0 Å². The molecule has 0 spiro atoms. The van der Waals surface area contributed by atoms with Gasteiger partial charge in [0, 0.05) is 12.6 Å². The van der Waals surface area contributed by atoms with Crippen LogP contribution in [0.5, 0.6) is 0 Å². The normalized spacial score (nSPS) is 12.5. The van der Waals surface area contributed by atoms with E-state index in [-0.39, 0.29) is 6.04 Å². The molecule has 1 atom stereocenters. The predicted molar refractivity (Wildman–Crippen MR) is 128 cm³/mol. The molecule has 0 saturated carbocycles. The number of aryl methyl sites for hydroxylation is 2. The Morgan fingerprint density at radius 3 is 2.52 bits per heavy atom. The van der Waals surface area contributed by atoms with Crippen LogP contribution in [0.4, 0.5) is 0 Å². The van der Waals surface area contributed by atoms with Crippen LogP contribution in [0.25, 0.3) is 11.5 Å². The molecule has 2 N–H and O–H groups in total. The van der Waals surface area contributed by atoms with E-state index in [1.165, 1.54) is 11.1 Å². The van der Waals surface area contributed by atoms with Crippen LogP contribution in [0.2, 0.25) is 0 Å². The van der Waals surface area contributed by atoms with E-state index >= 15 is 0 Å². The Morgan fingerprint density at radius 1 is 1.06 bits per heavy atom. The van der Waals surface area contributed by atoms with Crippen LogP contribution in [0.1, 0.15) is 41.4 Å². The maximum absolute atomic E-state index is 5.68. The lowest BCUT2D eigenvalue weighted by Crippen LogP contribution is -2.39. The van der Waals surface area contributed by atoms with Crippen LogP contribution in [0.15, 0.2) is 70.3 Å². The van der Waals surface area contributed by atoms with Gasteiger partial charge in [0.2, 0.25) is 5.89 Å². The Balaban J connectivity index is 1.49. The zero-order chi connectivity index (χ0) is 23.2. The molecule has 33 heavy (non-hydrogen) atoms. The largest absolute Gasteiger partial charge is 0.444 e. The quantitative estimate of drug-likeness (QED) is 0.330. The lowest BCUT2D eigenvalue weighted by atomic mass is 10.1. The molecule has 0 radical (unpaired) electrons. The molecule has 0 aliphatic rings. The number of guanidine groups is 1. The van der Waals surface area contributed by atoms with Crippen molar-refractivity contribution in [3.8, 4) is 11.5 Å². The minimum Gasteiger partial charge on any atom is -0.444 e. The van der Waals surface area contributed by atoms with Gasteiger partial charge in [0.05, 0.1) is 19.1 Å². The van der Waals surface area contributed by atoms with Crippen LogP contribution >= 0.6 is 0 Å². The molecule has 0 bridgehead atoms. The molecule has 1 unspecified atom stereocenters. The second kappa shape index (κ2) is 10.1. The lowest BCUT2D eigenvalue weighted by molar-refractivity contribution is 0.572. The van der Waals surface area contributed by atoms with Gasteiger partial charge >= 0.3 is 0 Å². The Kier molecular flexibility index (Phi) is 6.83. The monoisotopic (exact) mass is 443 g/mol. The van der Waals surface area contributed by atoms with Crippen LogP contribution < -0.4 is 10.6 Å². The molecule has 2 aromatic heterocycles. The summed E-state index contributed by atoms with van der Waals surface area (Å²) in [4.78, 5) is 9.35. The number of aromatic nitrogens is 4. The Labute approximate surface area is 193 Å². The highest BCUT2D eigenvalue weighted by molar-refractivity contribution is 5.80. The summed E-state index contributed by atoms with van der Waals surface area (Å²) in [5.74, 6) is 2.95. The van der Waals surface area contributed by atoms with Crippen LogP contribution in [0, 0.1) is 13.8 Å². The maximum Gasteiger partial charge on any atom is 0.226 e. The first-order valence-corrected chi connectivity index (χ1v) is 11.0. The first kappa shape index (κ1) is 22.3. The van der Waals surface area contributed by atoms with E-state index in [1.807, 2.05) is 61.0 Å². The summed E-state index contributed by atoms with van der Waals surface area (Å²) in [6, 6.07) is 18.4. The molecule has 0 aliphatic carbocycles. The highest BCUT2D eigenvalue weighted by Crippen LogP contribution is 2.19. The molecule has 8 heteroatoms. The number of hydrogen-bond acceptors (Lipinski definition) is 5. The van der Waals surface area contributed by atoms with Crippen molar-refractivity contribution in [2.45, 2.75) is 39.9 Å². The lowest BCUT2D eigenvalue weighted by Gasteiger charge is -2.18.